The zero-order valence-corrected chi connectivity index (χ0v) is 21.3. The maximum atomic E-state index is 13.5. The molecule has 1 aromatic heterocycles. The van der Waals surface area contributed by atoms with Gasteiger partial charge in [-0.1, -0.05) is 42.5 Å². The number of amides is 2. The molecule has 3 aromatic rings. The van der Waals surface area contributed by atoms with Crippen LogP contribution in [0.2, 0.25) is 0 Å². The number of alkyl carbamates (subject to hydrolysis) is 1. The molecule has 194 valence electrons. The molecule has 0 fully saturated rings. The number of carbonyl (C=O) groups is 2. The normalized spacial score (nSPS) is 14.0. The van der Waals surface area contributed by atoms with Gasteiger partial charge in [-0.2, -0.15) is 4.98 Å². The quantitative estimate of drug-likeness (QED) is 0.455. The first-order valence-corrected chi connectivity index (χ1v) is 12.2. The lowest BCUT2D eigenvalue weighted by molar-refractivity contribution is 0.0130. The molecule has 37 heavy (non-hydrogen) atoms. The van der Waals surface area contributed by atoms with Crippen molar-refractivity contribution in [2.75, 3.05) is 55.5 Å². The molecule has 10 heteroatoms. The number of nitrogens with zero attached hydrogens (tertiary/aromatic N) is 4. The largest absolute Gasteiger partial charge is 0.439 e. The van der Waals surface area contributed by atoms with E-state index in [-0.39, 0.29) is 12.5 Å². The van der Waals surface area contributed by atoms with Gasteiger partial charge in [0.2, 0.25) is 5.95 Å². The van der Waals surface area contributed by atoms with Crippen molar-refractivity contribution >= 4 is 29.5 Å². The van der Waals surface area contributed by atoms with E-state index in [9.17, 15) is 9.59 Å². The number of hydrogen-bond acceptors (Lipinski definition) is 8. The van der Waals surface area contributed by atoms with Gasteiger partial charge in [0.25, 0.3) is 5.91 Å². The second-order valence-electron chi connectivity index (χ2n) is 8.58. The average Bonchev–Trinajstić information content (AvgIpc) is 3.04. The molecule has 4 rings (SSSR count). The van der Waals surface area contributed by atoms with Gasteiger partial charge >= 0.3 is 6.09 Å². The molecule has 1 aliphatic rings. The van der Waals surface area contributed by atoms with Crippen LogP contribution in [0.1, 0.15) is 34.5 Å². The summed E-state index contributed by atoms with van der Waals surface area (Å²) < 4.78 is 11.4. The Hall–Kier alpha value is -4.18. The topological polar surface area (TPSA) is 109 Å². The number of hydrogen-bond donors (Lipinski definition) is 2. The van der Waals surface area contributed by atoms with Crippen molar-refractivity contribution in [2.24, 2.45) is 0 Å². The maximum Gasteiger partial charge on any atom is 0.407 e. The second-order valence-corrected chi connectivity index (χ2v) is 8.58. The lowest BCUT2D eigenvalue weighted by atomic mass is 10.1. The van der Waals surface area contributed by atoms with Crippen molar-refractivity contribution in [3.63, 3.8) is 0 Å². The summed E-state index contributed by atoms with van der Waals surface area (Å²) in [7, 11) is 3.44. The predicted molar refractivity (Wildman–Crippen MR) is 142 cm³/mol. The molecule has 1 unspecified atom stereocenters. The summed E-state index contributed by atoms with van der Waals surface area (Å²) in [6, 6.07) is 17.1. The van der Waals surface area contributed by atoms with E-state index >= 15 is 0 Å². The van der Waals surface area contributed by atoms with Crippen LogP contribution in [0.4, 0.5) is 22.2 Å². The number of nitrogens with one attached hydrogen (secondary N) is 2. The van der Waals surface area contributed by atoms with Gasteiger partial charge in [-0.05, 0) is 30.2 Å². The Bertz CT molecular complexity index is 1220. The third-order valence-electron chi connectivity index (χ3n) is 5.98. The van der Waals surface area contributed by atoms with Gasteiger partial charge in [0, 0.05) is 45.6 Å². The highest BCUT2D eigenvalue weighted by Crippen LogP contribution is 2.27. The first-order valence-electron chi connectivity index (χ1n) is 12.2. The van der Waals surface area contributed by atoms with Gasteiger partial charge in [-0.3, -0.25) is 4.79 Å². The number of ether oxygens (including phenoxy) is 2. The van der Waals surface area contributed by atoms with E-state index in [4.69, 9.17) is 9.47 Å². The molecule has 0 saturated heterocycles. The van der Waals surface area contributed by atoms with Crippen molar-refractivity contribution in [3.05, 3.63) is 77.5 Å². The minimum absolute atomic E-state index is 0.149. The van der Waals surface area contributed by atoms with Crippen LogP contribution in [0, 0.1) is 0 Å². The number of fused-ring (bicyclic) bond motifs is 1. The average molecular weight is 505 g/mol. The zero-order chi connectivity index (χ0) is 26.2. The van der Waals surface area contributed by atoms with Gasteiger partial charge in [-0.15, -0.1) is 0 Å². The lowest BCUT2D eigenvalue weighted by Crippen LogP contribution is -2.33. The van der Waals surface area contributed by atoms with Gasteiger partial charge in [-0.25, -0.2) is 9.78 Å². The molecular weight excluding hydrogens is 472 g/mol. The summed E-state index contributed by atoms with van der Waals surface area (Å²) in [5, 5.41) is 5.57. The Morgan fingerprint density at radius 1 is 1.14 bits per heavy atom. The first kappa shape index (κ1) is 25.9. The summed E-state index contributed by atoms with van der Waals surface area (Å²) in [4.78, 5) is 37.9. The van der Waals surface area contributed by atoms with Crippen LogP contribution >= 0.6 is 0 Å². The van der Waals surface area contributed by atoms with Crippen LogP contribution < -0.4 is 20.4 Å². The summed E-state index contributed by atoms with van der Waals surface area (Å²) >= 11 is 0. The van der Waals surface area contributed by atoms with Crippen LogP contribution in [0.25, 0.3) is 0 Å². The fourth-order valence-corrected chi connectivity index (χ4v) is 4.06. The van der Waals surface area contributed by atoms with Crippen molar-refractivity contribution in [1.29, 1.82) is 0 Å². The van der Waals surface area contributed by atoms with Crippen molar-refractivity contribution in [2.45, 2.75) is 19.6 Å². The molecule has 10 nitrogen and oxygen atoms in total. The number of aromatic nitrogens is 2. The summed E-state index contributed by atoms with van der Waals surface area (Å²) in [5.41, 5.74) is 2.97. The molecule has 0 aliphatic carbocycles. The third-order valence-corrected chi connectivity index (χ3v) is 5.98. The highest BCUT2D eigenvalue weighted by Gasteiger charge is 2.28. The smallest absolute Gasteiger partial charge is 0.407 e. The van der Waals surface area contributed by atoms with Crippen LogP contribution in [-0.4, -0.2) is 62.3 Å². The number of benzene rings is 2. The van der Waals surface area contributed by atoms with Crippen LogP contribution in [0.15, 0.2) is 60.8 Å². The Balaban J connectivity index is 1.47. The minimum atomic E-state index is -0.546. The van der Waals surface area contributed by atoms with Crippen molar-refractivity contribution < 1.29 is 19.1 Å². The van der Waals surface area contributed by atoms with E-state index in [2.05, 4.69) is 20.6 Å². The van der Waals surface area contributed by atoms with E-state index in [1.165, 1.54) is 7.05 Å². The highest BCUT2D eigenvalue weighted by molar-refractivity contribution is 6.09. The molecule has 2 amide bonds. The molecule has 0 saturated carbocycles. The number of likely N-dealkylation sites (N-methyl/N-ethyl adjacent to an activating group) is 1. The molecule has 1 atom stereocenters. The molecule has 2 N–H and O–H groups in total. The predicted octanol–water partition coefficient (Wildman–Crippen LogP) is 3.62. The molecule has 0 radical (unpaired) electrons. The Kier molecular flexibility index (Phi) is 8.52. The second kappa shape index (κ2) is 12.2. The van der Waals surface area contributed by atoms with E-state index < -0.39 is 12.2 Å². The first-order chi connectivity index (χ1) is 18.0. The van der Waals surface area contributed by atoms with Gasteiger partial charge < -0.3 is 29.9 Å². The molecule has 1 aliphatic heterocycles. The summed E-state index contributed by atoms with van der Waals surface area (Å²) in [6.07, 6.45) is 0.516. The van der Waals surface area contributed by atoms with Gasteiger partial charge in [0.15, 0.2) is 6.10 Å². The van der Waals surface area contributed by atoms with Crippen LogP contribution in [-0.2, 0) is 16.1 Å². The van der Waals surface area contributed by atoms with Gasteiger partial charge in [0.05, 0.1) is 13.2 Å². The molecule has 0 spiro atoms. The fraction of sp³-hybridized carbons (Fsp3) is 0.333. The zero-order valence-electron chi connectivity index (χ0n) is 21.3. The molecule has 2 heterocycles. The molecule has 0 bridgehead atoms. The van der Waals surface area contributed by atoms with Crippen LogP contribution in [0.3, 0.4) is 0 Å². The Morgan fingerprint density at radius 2 is 1.95 bits per heavy atom. The van der Waals surface area contributed by atoms with Crippen molar-refractivity contribution in [1.82, 2.24) is 15.3 Å². The van der Waals surface area contributed by atoms with Gasteiger partial charge in [0.1, 0.15) is 11.4 Å². The van der Waals surface area contributed by atoms with E-state index in [1.54, 1.807) is 11.1 Å². The van der Waals surface area contributed by atoms with E-state index in [1.807, 2.05) is 73.5 Å². The third kappa shape index (κ3) is 6.34. The lowest BCUT2D eigenvalue weighted by Gasteiger charge is -2.22. The Morgan fingerprint density at radius 3 is 2.70 bits per heavy atom. The molecular formula is C27H32N6O4. The minimum Gasteiger partial charge on any atom is -0.439 e. The standard InChI is InChI=1S/C27H32N6O4/c1-4-29-26-30-16-22-24(31-26)32(3)13-14-33(25(22)34)21-12-8-9-19(15-21)17-36-18-23(37-27(35)28-2)20-10-6-5-7-11-20/h5-12,15-16,23H,4,13-14,17-18H2,1-3H3,(H,28,35)(H,29,30,31). The summed E-state index contributed by atoms with van der Waals surface area (Å²) in [5.74, 6) is 0.965. The fourth-order valence-electron chi connectivity index (χ4n) is 4.06. The Labute approximate surface area is 216 Å². The molecule has 2 aromatic carbocycles. The summed E-state index contributed by atoms with van der Waals surface area (Å²) in [6.45, 7) is 4.27. The van der Waals surface area contributed by atoms with Crippen LogP contribution in [0.5, 0.6) is 0 Å². The van der Waals surface area contributed by atoms with Crippen molar-refractivity contribution in [3.8, 4) is 0 Å². The number of rotatable bonds is 9. The van der Waals surface area contributed by atoms with E-state index in [0.29, 0.717) is 43.6 Å². The number of anilines is 3. The monoisotopic (exact) mass is 504 g/mol. The van der Waals surface area contributed by atoms with E-state index in [0.717, 1.165) is 16.8 Å². The SMILES string of the molecule is CCNc1ncc2c(n1)N(C)CCN(c1cccc(COCC(OC(=O)NC)c3ccccc3)c1)C2=O. The maximum absolute atomic E-state index is 13.5. The highest BCUT2D eigenvalue weighted by atomic mass is 16.6. The number of carbonyl (C=O) groups excluding carboxylic acids is 2.